The number of nitrogens with two attached hydrogens (primary N) is 2. The third-order valence-corrected chi connectivity index (χ3v) is 3.92. The topological polar surface area (TPSA) is 89.3 Å². The molecule has 5 nitrogen and oxygen atoms in total. The number of hydrogen-bond donors (Lipinski definition) is 3. The Morgan fingerprint density at radius 2 is 2.26 bits per heavy atom. The van der Waals surface area contributed by atoms with E-state index in [9.17, 15) is 0 Å². The van der Waals surface area contributed by atoms with E-state index in [1.807, 2.05) is 5.38 Å². The lowest BCUT2D eigenvalue weighted by Gasteiger charge is -2.07. The lowest BCUT2D eigenvalue weighted by Crippen LogP contribution is -2.24. The van der Waals surface area contributed by atoms with Gasteiger partial charge in [0.25, 0.3) is 0 Å². The highest BCUT2D eigenvalue weighted by Crippen LogP contribution is 2.26. The molecule has 0 unspecified atom stereocenters. The molecule has 0 radical (unpaired) electrons. The number of thioether (sulfide) groups is 1. The van der Waals surface area contributed by atoms with E-state index in [1.165, 1.54) is 11.3 Å². The summed E-state index contributed by atoms with van der Waals surface area (Å²) in [7, 11) is 0. The summed E-state index contributed by atoms with van der Waals surface area (Å²) in [6.07, 6.45) is 0. The molecule has 0 aromatic carbocycles. The minimum atomic E-state index is -1.45. The largest absolute Gasteiger partial charge is 0.370 e. The summed E-state index contributed by atoms with van der Waals surface area (Å²) in [6, 6.07) is 0. The molecule has 0 saturated carbocycles. The van der Waals surface area contributed by atoms with Crippen molar-refractivity contribution < 1.29 is 0 Å². The average molecular weight is 363 g/mol. The Hall–Kier alpha value is 0.0800. The molecule has 0 aliphatic rings. The summed E-state index contributed by atoms with van der Waals surface area (Å²) in [5, 5.41) is 5.46. The Morgan fingerprint density at radius 1 is 1.53 bits per heavy atom. The number of aromatic nitrogens is 1. The number of anilines is 1. The van der Waals surface area contributed by atoms with Gasteiger partial charge in [-0.1, -0.05) is 34.8 Å². The first-order valence-electron chi connectivity index (χ1n) is 5.26. The molecule has 1 rings (SSSR count). The molecule has 0 saturated heterocycles. The van der Waals surface area contributed by atoms with E-state index in [1.54, 1.807) is 11.8 Å². The summed E-state index contributed by atoms with van der Waals surface area (Å²) in [6.45, 7) is 0.650. The van der Waals surface area contributed by atoms with Gasteiger partial charge in [0.15, 0.2) is 11.1 Å². The first-order valence-corrected chi connectivity index (χ1v) is 8.43. The second-order valence-corrected chi connectivity index (χ2v) is 7.91. The summed E-state index contributed by atoms with van der Waals surface area (Å²) < 4.78 is -1.45. The number of hydrogen-bond acceptors (Lipinski definition) is 5. The van der Waals surface area contributed by atoms with Crippen molar-refractivity contribution >= 4 is 69.0 Å². The first-order chi connectivity index (χ1) is 8.90. The molecular weight excluding hydrogens is 349 g/mol. The molecule has 5 N–H and O–H groups in total. The van der Waals surface area contributed by atoms with E-state index in [2.05, 4.69) is 15.3 Å². The van der Waals surface area contributed by atoms with Crippen LogP contribution < -0.4 is 16.8 Å². The van der Waals surface area contributed by atoms with Crippen molar-refractivity contribution in [1.29, 1.82) is 0 Å². The summed E-state index contributed by atoms with van der Waals surface area (Å²) in [5.74, 6) is 1.90. The number of nitrogens with zero attached hydrogens (tertiary/aromatic N) is 2. The highest BCUT2D eigenvalue weighted by atomic mass is 35.6. The molecule has 1 aromatic rings. The van der Waals surface area contributed by atoms with Crippen LogP contribution in [0.3, 0.4) is 0 Å². The second-order valence-electron chi connectivity index (χ2n) is 3.43. The highest BCUT2D eigenvalue weighted by Gasteiger charge is 2.18. The van der Waals surface area contributed by atoms with E-state index in [0.29, 0.717) is 11.7 Å². The van der Waals surface area contributed by atoms with Crippen molar-refractivity contribution in [3.05, 3.63) is 11.1 Å². The van der Waals surface area contributed by atoms with Gasteiger partial charge in [-0.05, 0) is 0 Å². The number of halogens is 3. The van der Waals surface area contributed by atoms with Crippen LogP contribution in [0.2, 0.25) is 0 Å². The average Bonchev–Trinajstić information content (AvgIpc) is 2.74. The van der Waals surface area contributed by atoms with Gasteiger partial charge in [-0.25, -0.2) is 9.98 Å². The molecular formula is C9H14Cl3N5S2. The minimum Gasteiger partial charge on any atom is -0.370 e. The smallest absolute Gasteiger partial charge is 0.209 e. The van der Waals surface area contributed by atoms with Crippen LogP contribution in [0.5, 0.6) is 0 Å². The monoisotopic (exact) mass is 361 g/mol. The van der Waals surface area contributed by atoms with Crippen LogP contribution in [0, 0.1) is 0 Å². The second kappa shape index (κ2) is 8.39. The minimum absolute atomic E-state index is 0.0128. The van der Waals surface area contributed by atoms with Gasteiger partial charge < -0.3 is 16.8 Å². The molecule has 0 spiro atoms. The van der Waals surface area contributed by atoms with Gasteiger partial charge in [-0.3, -0.25) is 0 Å². The first kappa shape index (κ1) is 17.1. The summed E-state index contributed by atoms with van der Waals surface area (Å²) >= 11 is 19.9. The van der Waals surface area contributed by atoms with Crippen molar-refractivity contribution in [2.45, 2.75) is 9.55 Å². The lowest BCUT2D eigenvalue weighted by molar-refractivity contribution is 1.02. The summed E-state index contributed by atoms with van der Waals surface area (Å²) in [5.41, 5.74) is 12.0. The molecule has 108 valence electrons. The maximum absolute atomic E-state index is 5.65. The number of thiazole rings is 1. The van der Waals surface area contributed by atoms with Crippen LogP contribution in [0.4, 0.5) is 5.13 Å². The Kier molecular flexibility index (Phi) is 7.56. The van der Waals surface area contributed by atoms with Crippen molar-refractivity contribution in [3.8, 4) is 0 Å². The van der Waals surface area contributed by atoms with Crippen molar-refractivity contribution in [2.75, 3.05) is 24.2 Å². The Labute approximate surface area is 135 Å². The van der Waals surface area contributed by atoms with Crippen LogP contribution in [0.15, 0.2) is 10.4 Å². The van der Waals surface area contributed by atoms with Gasteiger partial charge in [0.2, 0.25) is 3.79 Å². The molecule has 1 aromatic heterocycles. The zero-order valence-corrected chi connectivity index (χ0v) is 13.8. The molecule has 1 heterocycles. The van der Waals surface area contributed by atoms with Crippen LogP contribution in [0.25, 0.3) is 0 Å². The van der Waals surface area contributed by atoms with E-state index < -0.39 is 3.79 Å². The van der Waals surface area contributed by atoms with Gasteiger partial charge in [0.05, 0.1) is 12.2 Å². The highest BCUT2D eigenvalue weighted by molar-refractivity contribution is 7.98. The van der Waals surface area contributed by atoms with E-state index in [-0.39, 0.29) is 12.5 Å². The molecule has 0 atom stereocenters. The zero-order chi connectivity index (χ0) is 14.3. The van der Waals surface area contributed by atoms with Gasteiger partial charge in [-0.15, -0.1) is 11.3 Å². The summed E-state index contributed by atoms with van der Waals surface area (Å²) in [4.78, 5) is 8.26. The van der Waals surface area contributed by atoms with E-state index >= 15 is 0 Å². The maximum Gasteiger partial charge on any atom is 0.209 e. The predicted molar refractivity (Wildman–Crippen MR) is 87.7 cm³/mol. The van der Waals surface area contributed by atoms with Crippen LogP contribution in [-0.4, -0.2) is 33.6 Å². The standard InChI is InChI=1S/C9H14Cl3N5S2/c10-9(11,12)5-15-7(14)17-8-16-6(4-19-8)3-18-2-1-13/h4H,1-3,5,13H2,(H3,14,15,16,17). The Bertz CT molecular complexity index is 418. The van der Waals surface area contributed by atoms with Crippen molar-refractivity contribution in [3.63, 3.8) is 0 Å². The normalized spacial score (nSPS) is 12.7. The van der Waals surface area contributed by atoms with Crippen molar-refractivity contribution in [1.82, 2.24) is 4.98 Å². The van der Waals surface area contributed by atoms with E-state index in [0.717, 1.165) is 17.2 Å². The molecule has 0 aliphatic carbocycles. The number of nitrogens with one attached hydrogen (secondary N) is 1. The van der Waals surface area contributed by atoms with Gasteiger partial charge in [0, 0.05) is 23.4 Å². The lowest BCUT2D eigenvalue weighted by atomic mass is 10.6. The Balaban J connectivity index is 2.44. The van der Waals surface area contributed by atoms with Crippen LogP contribution in [0.1, 0.15) is 5.69 Å². The fourth-order valence-corrected chi connectivity index (χ4v) is 2.68. The van der Waals surface area contributed by atoms with Crippen molar-refractivity contribution in [2.24, 2.45) is 16.5 Å². The quantitative estimate of drug-likeness (QED) is 0.313. The van der Waals surface area contributed by atoms with Gasteiger partial charge >= 0.3 is 0 Å². The van der Waals surface area contributed by atoms with Gasteiger partial charge in [0.1, 0.15) is 0 Å². The SMILES string of the molecule is NCCSCc1csc(NC(N)=NCC(Cl)(Cl)Cl)n1. The third-order valence-electron chi connectivity index (χ3n) is 1.73. The fraction of sp³-hybridized carbons (Fsp3) is 0.556. The number of aliphatic imine (C=N–C) groups is 1. The zero-order valence-electron chi connectivity index (χ0n) is 9.91. The molecule has 0 aliphatic heterocycles. The molecule has 10 heteroatoms. The Morgan fingerprint density at radius 3 is 2.89 bits per heavy atom. The molecule has 0 bridgehead atoms. The fourth-order valence-electron chi connectivity index (χ4n) is 1.01. The maximum atomic E-state index is 5.65. The number of alkyl halides is 3. The van der Waals surface area contributed by atoms with Gasteiger partial charge in [-0.2, -0.15) is 11.8 Å². The van der Waals surface area contributed by atoms with Crippen LogP contribution >= 0.6 is 57.9 Å². The van der Waals surface area contributed by atoms with Crippen LogP contribution in [-0.2, 0) is 5.75 Å². The number of rotatable bonds is 6. The van der Waals surface area contributed by atoms with E-state index in [4.69, 9.17) is 46.3 Å². The predicted octanol–water partition coefficient (Wildman–Crippen LogP) is 2.43. The number of guanidine groups is 1. The molecule has 19 heavy (non-hydrogen) atoms. The molecule has 0 fully saturated rings. The molecule has 0 amide bonds. The third kappa shape index (κ3) is 8.06.